The fourth-order valence-electron chi connectivity index (χ4n) is 2.87. The Hall–Kier alpha value is -1.39. The minimum atomic E-state index is -0.475. The lowest BCUT2D eigenvalue weighted by molar-refractivity contribution is 0.114. The van der Waals surface area contributed by atoms with Crippen molar-refractivity contribution in [3.8, 4) is 0 Å². The Morgan fingerprint density at radius 2 is 1.95 bits per heavy atom. The van der Waals surface area contributed by atoms with Crippen molar-refractivity contribution in [2.24, 2.45) is 0 Å². The number of halogens is 1. The van der Waals surface area contributed by atoms with Crippen molar-refractivity contribution in [3.05, 3.63) is 47.5 Å². The zero-order valence-electron chi connectivity index (χ0n) is 11.2. The van der Waals surface area contributed by atoms with E-state index in [0.717, 1.165) is 10.6 Å². The van der Waals surface area contributed by atoms with Gasteiger partial charge in [0.05, 0.1) is 0 Å². The van der Waals surface area contributed by atoms with Crippen molar-refractivity contribution < 1.29 is 4.74 Å². The highest BCUT2D eigenvalue weighted by atomic mass is 35.5. The summed E-state index contributed by atoms with van der Waals surface area (Å²) < 4.78 is 7.74. The summed E-state index contributed by atoms with van der Waals surface area (Å²) in [6.45, 7) is 6.36. The van der Waals surface area contributed by atoms with E-state index in [4.69, 9.17) is 16.3 Å². The van der Waals surface area contributed by atoms with Crippen LogP contribution in [0.5, 0.6) is 0 Å². The molecular formula is C14H16ClN3O. The van der Waals surface area contributed by atoms with Gasteiger partial charge in [0.2, 0.25) is 0 Å². The van der Waals surface area contributed by atoms with Crippen LogP contribution in [0.1, 0.15) is 26.3 Å². The van der Waals surface area contributed by atoms with Gasteiger partial charge in [0.1, 0.15) is 18.8 Å². The molecule has 5 heteroatoms. The summed E-state index contributed by atoms with van der Waals surface area (Å²) in [5, 5.41) is 5.00. The van der Waals surface area contributed by atoms with E-state index in [1.54, 1.807) is 6.33 Å². The molecule has 100 valence electrons. The van der Waals surface area contributed by atoms with E-state index >= 15 is 0 Å². The van der Waals surface area contributed by atoms with Gasteiger partial charge in [-0.3, -0.25) is 0 Å². The maximum absolute atomic E-state index is 5.96. The summed E-state index contributed by atoms with van der Waals surface area (Å²) >= 11 is 5.96. The van der Waals surface area contributed by atoms with Gasteiger partial charge >= 0.3 is 0 Å². The average molecular weight is 278 g/mol. The highest BCUT2D eigenvalue weighted by molar-refractivity contribution is 6.30. The Morgan fingerprint density at radius 3 is 2.42 bits per heavy atom. The van der Waals surface area contributed by atoms with E-state index in [1.165, 1.54) is 6.33 Å². The number of nitrogens with zero attached hydrogens (tertiary/aromatic N) is 3. The van der Waals surface area contributed by atoms with Crippen LogP contribution in [0, 0.1) is 0 Å². The fourth-order valence-corrected chi connectivity index (χ4v) is 3.00. The van der Waals surface area contributed by atoms with Crippen LogP contribution >= 0.6 is 11.6 Å². The van der Waals surface area contributed by atoms with E-state index in [-0.39, 0.29) is 11.5 Å². The number of rotatable bonds is 3. The summed E-state index contributed by atoms with van der Waals surface area (Å²) in [4.78, 5) is 4.03. The van der Waals surface area contributed by atoms with Gasteiger partial charge in [0, 0.05) is 10.4 Å². The molecule has 1 aromatic heterocycles. The van der Waals surface area contributed by atoms with Crippen molar-refractivity contribution in [3.63, 3.8) is 0 Å². The Morgan fingerprint density at radius 1 is 1.32 bits per heavy atom. The predicted octanol–water partition coefficient (Wildman–Crippen LogP) is 2.98. The highest BCUT2D eigenvalue weighted by Crippen LogP contribution is 2.54. The van der Waals surface area contributed by atoms with Crippen molar-refractivity contribution in [1.29, 1.82) is 0 Å². The van der Waals surface area contributed by atoms with Crippen molar-refractivity contribution in [2.45, 2.75) is 38.0 Å². The topological polar surface area (TPSA) is 43.2 Å². The van der Waals surface area contributed by atoms with E-state index < -0.39 is 5.72 Å². The molecule has 1 aromatic carbocycles. The number of hydrogen-bond donors (Lipinski definition) is 0. The second-order valence-electron chi connectivity index (χ2n) is 5.43. The molecule has 0 saturated carbocycles. The standard InChI is InChI=1S/C14H16ClN3O/c1-10-14(19-10,18-9-16-8-17-18)13(2,3)11-4-6-12(15)7-5-11/h4-10H,1-3H3. The monoisotopic (exact) mass is 277 g/mol. The van der Waals surface area contributed by atoms with Crippen LogP contribution in [-0.4, -0.2) is 20.9 Å². The van der Waals surface area contributed by atoms with Crippen LogP contribution in [0.15, 0.2) is 36.9 Å². The Bertz CT molecular complexity index is 579. The van der Waals surface area contributed by atoms with Crippen LogP contribution < -0.4 is 0 Å². The lowest BCUT2D eigenvalue weighted by atomic mass is 9.76. The molecule has 0 N–H and O–H groups in total. The van der Waals surface area contributed by atoms with Gasteiger partial charge in [-0.15, -0.1) is 0 Å². The number of epoxide rings is 1. The normalized spacial score (nSPS) is 26.4. The SMILES string of the molecule is CC1OC1(n1cncn1)C(C)(C)c1ccc(Cl)cc1. The van der Waals surface area contributed by atoms with Crippen LogP contribution in [-0.2, 0) is 15.9 Å². The summed E-state index contributed by atoms with van der Waals surface area (Å²) in [6, 6.07) is 7.88. The second kappa shape index (κ2) is 4.05. The third-order valence-electron chi connectivity index (χ3n) is 4.07. The highest BCUT2D eigenvalue weighted by Gasteiger charge is 2.66. The maximum atomic E-state index is 5.96. The third kappa shape index (κ3) is 1.70. The number of benzene rings is 1. The van der Waals surface area contributed by atoms with E-state index in [1.807, 2.05) is 28.9 Å². The molecule has 2 unspecified atom stereocenters. The van der Waals surface area contributed by atoms with E-state index in [9.17, 15) is 0 Å². The Balaban J connectivity index is 2.06. The van der Waals surface area contributed by atoms with Gasteiger partial charge < -0.3 is 4.74 Å². The summed E-state index contributed by atoms with van der Waals surface area (Å²) in [7, 11) is 0. The quantitative estimate of drug-likeness (QED) is 0.810. The number of hydrogen-bond acceptors (Lipinski definition) is 3. The zero-order valence-corrected chi connectivity index (χ0v) is 11.9. The lowest BCUT2D eigenvalue weighted by Crippen LogP contribution is -2.42. The molecule has 4 nitrogen and oxygen atoms in total. The first kappa shape index (κ1) is 12.6. The second-order valence-corrected chi connectivity index (χ2v) is 5.86. The molecule has 1 aliphatic rings. The summed E-state index contributed by atoms with van der Waals surface area (Å²) in [5.74, 6) is 0. The first-order chi connectivity index (χ1) is 8.98. The van der Waals surface area contributed by atoms with E-state index in [2.05, 4.69) is 30.9 Å². The first-order valence-electron chi connectivity index (χ1n) is 6.27. The molecule has 3 rings (SSSR count). The minimum absolute atomic E-state index is 0.0971. The molecule has 2 heterocycles. The fraction of sp³-hybridized carbons (Fsp3) is 0.429. The van der Waals surface area contributed by atoms with Crippen molar-refractivity contribution in [1.82, 2.24) is 14.8 Å². The van der Waals surface area contributed by atoms with Gasteiger partial charge in [-0.2, -0.15) is 5.10 Å². The lowest BCUT2D eigenvalue weighted by Gasteiger charge is -2.32. The minimum Gasteiger partial charge on any atom is -0.342 e. The number of ether oxygens (including phenoxy) is 1. The van der Waals surface area contributed by atoms with Gasteiger partial charge in [0.25, 0.3) is 0 Å². The third-order valence-corrected chi connectivity index (χ3v) is 4.32. The van der Waals surface area contributed by atoms with E-state index in [0.29, 0.717) is 0 Å². The molecule has 1 saturated heterocycles. The zero-order chi connectivity index (χ0) is 13.7. The molecule has 0 amide bonds. The molecule has 0 radical (unpaired) electrons. The van der Waals surface area contributed by atoms with Crippen LogP contribution in [0.25, 0.3) is 0 Å². The molecule has 0 spiro atoms. The maximum Gasteiger partial charge on any atom is 0.197 e. The molecular weight excluding hydrogens is 262 g/mol. The molecule has 0 bridgehead atoms. The molecule has 1 fully saturated rings. The number of aromatic nitrogens is 3. The summed E-state index contributed by atoms with van der Waals surface area (Å²) in [6.07, 6.45) is 3.34. The largest absolute Gasteiger partial charge is 0.342 e. The molecule has 2 aromatic rings. The first-order valence-corrected chi connectivity index (χ1v) is 6.65. The Labute approximate surface area is 117 Å². The van der Waals surface area contributed by atoms with Crippen LogP contribution in [0.4, 0.5) is 0 Å². The van der Waals surface area contributed by atoms with Gasteiger partial charge in [-0.1, -0.05) is 37.6 Å². The van der Waals surface area contributed by atoms with Crippen LogP contribution in [0.3, 0.4) is 0 Å². The molecule has 19 heavy (non-hydrogen) atoms. The van der Waals surface area contributed by atoms with Crippen LogP contribution in [0.2, 0.25) is 5.02 Å². The molecule has 1 aliphatic heterocycles. The summed E-state index contributed by atoms with van der Waals surface area (Å²) in [5.41, 5.74) is 0.457. The van der Waals surface area contributed by atoms with Gasteiger partial charge in [-0.25, -0.2) is 9.67 Å². The Kier molecular flexibility index (Phi) is 2.69. The van der Waals surface area contributed by atoms with Crippen molar-refractivity contribution in [2.75, 3.05) is 0 Å². The molecule has 2 atom stereocenters. The molecule has 0 aliphatic carbocycles. The van der Waals surface area contributed by atoms with Gasteiger partial charge in [0.15, 0.2) is 5.72 Å². The van der Waals surface area contributed by atoms with Crippen molar-refractivity contribution >= 4 is 11.6 Å². The predicted molar refractivity (Wildman–Crippen MR) is 73.0 cm³/mol. The smallest absolute Gasteiger partial charge is 0.197 e. The average Bonchev–Trinajstić information content (AvgIpc) is 2.84. The van der Waals surface area contributed by atoms with Gasteiger partial charge in [-0.05, 0) is 24.6 Å².